The van der Waals surface area contributed by atoms with E-state index in [1.165, 1.54) is 19.0 Å². The second-order valence-electron chi connectivity index (χ2n) is 8.99. The summed E-state index contributed by atoms with van der Waals surface area (Å²) in [6.07, 6.45) is 4.69. The number of benzene rings is 1. The number of hydrogen-bond acceptors (Lipinski definition) is 5. The molecule has 34 heavy (non-hydrogen) atoms. The summed E-state index contributed by atoms with van der Waals surface area (Å²) in [7, 11) is 0. The minimum Gasteiger partial charge on any atom is -0.320 e. The van der Waals surface area contributed by atoms with E-state index in [1.54, 1.807) is 12.1 Å². The van der Waals surface area contributed by atoms with E-state index in [2.05, 4.69) is 9.97 Å². The number of fused-ring (bicyclic) bond motifs is 1. The smallest absolute Gasteiger partial charge is 0.268 e. The molecule has 1 saturated heterocycles. The van der Waals surface area contributed by atoms with Crippen LogP contribution in [-0.2, 0) is 4.79 Å². The molecular formula is C26H22F2N4O2. The number of aromatic nitrogens is 2. The van der Waals surface area contributed by atoms with Gasteiger partial charge in [-0.1, -0.05) is 12.1 Å². The number of likely N-dealkylation sites (tertiary alicyclic amines) is 1. The SMILES string of the molecule is N#C[C@@H]1CC(F)(F)CN1C(=O)CCC(=O)c1ccnc2ccc(-c3ccc(C4CC4)nc3)cc12. The van der Waals surface area contributed by atoms with Crippen molar-refractivity contribution in [3.05, 3.63) is 60.0 Å². The number of alkyl halides is 2. The average Bonchev–Trinajstić information content (AvgIpc) is 3.64. The minimum atomic E-state index is -3.08. The first kappa shape index (κ1) is 22.1. The largest absolute Gasteiger partial charge is 0.320 e. The van der Waals surface area contributed by atoms with Crippen LogP contribution in [0, 0.1) is 11.3 Å². The summed E-state index contributed by atoms with van der Waals surface area (Å²) < 4.78 is 27.3. The number of carbonyl (C=O) groups is 2. The van der Waals surface area contributed by atoms with Crippen molar-refractivity contribution in [1.29, 1.82) is 5.26 Å². The molecule has 8 heteroatoms. The van der Waals surface area contributed by atoms with Crippen molar-refractivity contribution >= 4 is 22.6 Å². The number of rotatable bonds is 6. The molecule has 0 radical (unpaired) electrons. The Hall–Kier alpha value is -3.73. The van der Waals surface area contributed by atoms with E-state index in [0.717, 1.165) is 21.7 Å². The monoisotopic (exact) mass is 460 g/mol. The quantitative estimate of drug-likeness (QED) is 0.489. The number of Topliss-reactive ketones (excluding diaryl/α,β-unsaturated/α-hetero) is 1. The Balaban J connectivity index is 1.34. The molecule has 1 aliphatic carbocycles. The maximum Gasteiger partial charge on any atom is 0.268 e. The molecule has 0 bridgehead atoms. The van der Waals surface area contributed by atoms with E-state index >= 15 is 0 Å². The summed E-state index contributed by atoms with van der Waals surface area (Å²) in [6.45, 7) is -0.784. The molecule has 1 atom stereocenters. The van der Waals surface area contributed by atoms with E-state index in [4.69, 9.17) is 5.26 Å². The van der Waals surface area contributed by atoms with Gasteiger partial charge in [0.15, 0.2) is 5.78 Å². The number of hydrogen-bond donors (Lipinski definition) is 0. The summed E-state index contributed by atoms with van der Waals surface area (Å²) in [5, 5.41) is 9.76. The lowest BCUT2D eigenvalue weighted by molar-refractivity contribution is -0.132. The second-order valence-corrected chi connectivity index (χ2v) is 8.99. The van der Waals surface area contributed by atoms with Gasteiger partial charge >= 0.3 is 0 Å². The number of halogens is 2. The summed E-state index contributed by atoms with van der Waals surface area (Å²) in [4.78, 5) is 35.3. The van der Waals surface area contributed by atoms with Crippen LogP contribution in [-0.4, -0.2) is 45.1 Å². The highest BCUT2D eigenvalue weighted by Gasteiger charge is 2.47. The summed E-state index contributed by atoms with van der Waals surface area (Å²) >= 11 is 0. The molecule has 0 N–H and O–H groups in total. The van der Waals surface area contributed by atoms with Gasteiger partial charge < -0.3 is 4.90 Å². The van der Waals surface area contributed by atoms with Gasteiger partial charge in [-0.2, -0.15) is 5.26 Å². The molecular weight excluding hydrogens is 438 g/mol. The van der Waals surface area contributed by atoms with Crippen molar-refractivity contribution in [3.63, 3.8) is 0 Å². The first-order valence-corrected chi connectivity index (χ1v) is 11.3. The van der Waals surface area contributed by atoms with Crippen molar-refractivity contribution < 1.29 is 18.4 Å². The van der Waals surface area contributed by atoms with Gasteiger partial charge in [0.25, 0.3) is 5.92 Å². The summed E-state index contributed by atoms with van der Waals surface area (Å²) in [5.41, 5.74) is 4.00. The molecule has 6 nitrogen and oxygen atoms in total. The van der Waals surface area contributed by atoms with Crippen molar-refractivity contribution in [2.24, 2.45) is 0 Å². The summed E-state index contributed by atoms with van der Waals surface area (Å²) in [6, 6.07) is 11.9. The third kappa shape index (κ3) is 4.38. The van der Waals surface area contributed by atoms with Gasteiger partial charge in [0.2, 0.25) is 5.91 Å². The van der Waals surface area contributed by atoms with Gasteiger partial charge in [0.1, 0.15) is 6.04 Å². The summed E-state index contributed by atoms with van der Waals surface area (Å²) in [5.74, 6) is -3.40. The van der Waals surface area contributed by atoms with Crippen molar-refractivity contribution in [3.8, 4) is 17.2 Å². The molecule has 1 aliphatic heterocycles. The lowest BCUT2D eigenvalue weighted by Gasteiger charge is -2.18. The fourth-order valence-corrected chi connectivity index (χ4v) is 4.46. The Bertz CT molecular complexity index is 1310. The lowest BCUT2D eigenvalue weighted by Crippen LogP contribution is -2.36. The molecule has 3 heterocycles. The van der Waals surface area contributed by atoms with Crippen LogP contribution in [0.25, 0.3) is 22.0 Å². The molecule has 2 fully saturated rings. The zero-order chi connectivity index (χ0) is 23.9. The van der Waals surface area contributed by atoms with E-state index in [0.29, 0.717) is 22.4 Å². The standard InChI is InChI=1S/C26H22F2N4O2/c27-26(28)12-19(13-29)32(15-26)25(34)8-7-24(33)20-9-10-30-23-6-3-17(11-21(20)23)18-4-5-22(31-14-18)16-1-2-16/h3-6,9-11,14,16,19H,1-2,7-8,12,15H2/t19-/m0/s1. The van der Waals surface area contributed by atoms with Gasteiger partial charge in [0.05, 0.1) is 18.1 Å². The highest BCUT2D eigenvalue weighted by atomic mass is 19.3. The third-order valence-corrected chi connectivity index (χ3v) is 6.46. The molecule has 1 saturated carbocycles. The minimum absolute atomic E-state index is 0.139. The molecule has 172 valence electrons. The van der Waals surface area contributed by atoms with E-state index in [-0.39, 0.29) is 18.6 Å². The zero-order valence-corrected chi connectivity index (χ0v) is 18.4. The third-order valence-electron chi connectivity index (χ3n) is 6.46. The Morgan fingerprint density at radius 1 is 1.09 bits per heavy atom. The van der Waals surface area contributed by atoms with Gasteiger partial charge in [-0.05, 0) is 42.7 Å². The van der Waals surface area contributed by atoms with Crippen molar-refractivity contribution in [2.75, 3.05) is 6.54 Å². The predicted octanol–water partition coefficient (Wildman–Crippen LogP) is 4.90. The number of nitrogens with zero attached hydrogens (tertiary/aromatic N) is 4. The van der Waals surface area contributed by atoms with Gasteiger partial charge in [-0.3, -0.25) is 19.6 Å². The number of nitriles is 1. The second kappa shape index (κ2) is 8.56. The Morgan fingerprint density at radius 3 is 2.59 bits per heavy atom. The van der Waals surface area contributed by atoms with Crippen LogP contribution in [0.4, 0.5) is 8.78 Å². The molecule has 2 aliphatic rings. The normalized spacial score (nSPS) is 19.2. The Morgan fingerprint density at radius 2 is 1.88 bits per heavy atom. The van der Waals surface area contributed by atoms with Crippen molar-refractivity contribution in [2.45, 2.75) is 50.0 Å². The van der Waals surface area contributed by atoms with Crippen LogP contribution in [0.3, 0.4) is 0 Å². The maximum atomic E-state index is 13.6. The van der Waals surface area contributed by atoms with Crippen LogP contribution >= 0.6 is 0 Å². The van der Waals surface area contributed by atoms with Gasteiger partial charge in [-0.25, -0.2) is 8.78 Å². The van der Waals surface area contributed by atoms with Crippen LogP contribution in [0.1, 0.15) is 54.1 Å². The van der Waals surface area contributed by atoms with Crippen LogP contribution < -0.4 is 0 Å². The number of amides is 1. The zero-order valence-electron chi connectivity index (χ0n) is 18.4. The Labute approximate surface area is 195 Å². The van der Waals surface area contributed by atoms with Gasteiger partial charge in [0, 0.05) is 59.8 Å². The van der Waals surface area contributed by atoms with E-state index in [9.17, 15) is 18.4 Å². The fourth-order valence-electron chi connectivity index (χ4n) is 4.46. The van der Waals surface area contributed by atoms with Gasteiger partial charge in [-0.15, -0.1) is 0 Å². The molecule has 0 unspecified atom stereocenters. The first-order chi connectivity index (χ1) is 16.3. The lowest BCUT2D eigenvalue weighted by atomic mass is 9.98. The molecule has 1 aromatic carbocycles. The first-order valence-electron chi connectivity index (χ1n) is 11.3. The average molecular weight is 460 g/mol. The van der Waals surface area contributed by atoms with Crippen LogP contribution in [0.5, 0.6) is 0 Å². The van der Waals surface area contributed by atoms with Crippen LogP contribution in [0.15, 0.2) is 48.8 Å². The predicted molar refractivity (Wildman–Crippen MR) is 121 cm³/mol. The Kier molecular flexibility index (Phi) is 5.56. The molecule has 0 spiro atoms. The maximum absolute atomic E-state index is 13.6. The molecule has 1 amide bonds. The van der Waals surface area contributed by atoms with Crippen molar-refractivity contribution in [1.82, 2.24) is 14.9 Å². The number of pyridine rings is 2. The molecule has 5 rings (SSSR count). The van der Waals surface area contributed by atoms with Crippen LogP contribution in [0.2, 0.25) is 0 Å². The van der Waals surface area contributed by atoms with E-state index < -0.39 is 30.8 Å². The number of ketones is 1. The highest BCUT2D eigenvalue weighted by molar-refractivity contribution is 6.08. The van der Waals surface area contributed by atoms with E-state index in [1.807, 2.05) is 36.5 Å². The topological polar surface area (TPSA) is 87.0 Å². The highest BCUT2D eigenvalue weighted by Crippen LogP contribution is 2.39. The fraction of sp³-hybridized carbons (Fsp3) is 0.346. The molecule has 3 aromatic rings. The molecule has 2 aromatic heterocycles. The number of carbonyl (C=O) groups excluding carboxylic acids is 2.